The third-order valence-corrected chi connectivity index (χ3v) is 5.56. The zero-order valence-corrected chi connectivity index (χ0v) is 18.9. The molecule has 7 heteroatoms. The van der Waals surface area contributed by atoms with Crippen molar-refractivity contribution in [1.29, 1.82) is 0 Å². The number of rotatable bonds is 7. The van der Waals surface area contributed by atoms with E-state index in [4.69, 9.17) is 9.47 Å². The highest BCUT2D eigenvalue weighted by Crippen LogP contribution is 2.29. The first kappa shape index (κ1) is 22.9. The Morgan fingerprint density at radius 1 is 0.706 bits per heavy atom. The number of carbonyl (C=O) groups is 4. The van der Waals surface area contributed by atoms with Gasteiger partial charge in [0.15, 0.2) is 0 Å². The van der Waals surface area contributed by atoms with E-state index < -0.39 is 23.8 Å². The fourth-order valence-corrected chi connectivity index (χ4v) is 3.67. The Hall–Kier alpha value is -4.26. The van der Waals surface area contributed by atoms with E-state index in [2.05, 4.69) is 0 Å². The Morgan fingerprint density at radius 2 is 1.29 bits per heavy atom. The maximum Gasteiger partial charge on any atom is 0.338 e. The molecule has 0 fully saturated rings. The fraction of sp³-hybridized carbons (Fsp3) is 0.185. The minimum absolute atomic E-state index is 0.0121. The van der Waals surface area contributed by atoms with E-state index in [0.717, 1.165) is 16.9 Å². The van der Waals surface area contributed by atoms with Crippen LogP contribution in [-0.4, -0.2) is 30.4 Å². The number of carbonyl (C=O) groups excluding carboxylic acids is 4. The molecule has 1 aliphatic heterocycles. The van der Waals surface area contributed by atoms with Gasteiger partial charge in [0, 0.05) is 0 Å². The Morgan fingerprint density at radius 3 is 1.94 bits per heavy atom. The summed E-state index contributed by atoms with van der Waals surface area (Å²) < 4.78 is 10.3. The van der Waals surface area contributed by atoms with Crippen LogP contribution in [0.25, 0.3) is 0 Å². The normalized spacial score (nSPS) is 12.5. The maximum atomic E-state index is 13.0. The van der Waals surface area contributed by atoms with Gasteiger partial charge in [0.2, 0.25) is 0 Å². The lowest BCUT2D eigenvalue weighted by molar-refractivity contribution is 0.0469. The van der Waals surface area contributed by atoms with Crippen molar-refractivity contribution >= 4 is 29.4 Å². The minimum atomic E-state index is -0.622. The first-order valence-electron chi connectivity index (χ1n) is 11.0. The summed E-state index contributed by atoms with van der Waals surface area (Å²) in [5.41, 5.74) is 3.27. The van der Waals surface area contributed by atoms with E-state index in [0.29, 0.717) is 16.8 Å². The number of anilines is 1. The molecule has 0 spiro atoms. The van der Waals surface area contributed by atoms with Crippen molar-refractivity contribution < 1.29 is 28.7 Å². The number of imide groups is 1. The van der Waals surface area contributed by atoms with E-state index in [1.54, 1.807) is 43.3 Å². The molecular weight excluding hydrogens is 434 g/mol. The first-order valence-corrected chi connectivity index (χ1v) is 11.0. The van der Waals surface area contributed by atoms with Crippen molar-refractivity contribution in [3.05, 3.63) is 100 Å². The van der Waals surface area contributed by atoms with Crippen LogP contribution < -0.4 is 4.90 Å². The smallest absolute Gasteiger partial charge is 0.338 e. The van der Waals surface area contributed by atoms with Crippen molar-refractivity contribution in [3.8, 4) is 0 Å². The van der Waals surface area contributed by atoms with Crippen molar-refractivity contribution in [1.82, 2.24) is 0 Å². The van der Waals surface area contributed by atoms with Crippen LogP contribution in [0.15, 0.2) is 66.7 Å². The predicted molar refractivity (Wildman–Crippen MR) is 125 cm³/mol. The largest absolute Gasteiger partial charge is 0.462 e. The summed E-state index contributed by atoms with van der Waals surface area (Å²) >= 11 is 0. The molecule has 172 valence electrons. The van der Waals surface area contributed by atoms with Crippen LogP contribution in [0.5, 0.6) is 0 Å². The Bertz CT molecular complexity index is 1260. The summed E-state index contributed by atoms with van der Waals surface area (Å²) in [5.74, 6) is -1.94. The van der Waals surface area contributed by atoms with Crippen molar-refractivity contribution in [3.63, 3.8) is 0 Å². The number of aryl methyl sites for hydroxylation is 1. The molecule has 0 aliphatic carbocycles. The van der Waals surface area contributed by atoms with E-state index >= 15 is 0 Å². The number of hydrogen-bond acceptors (Lipinski definition) is 6. The second-order valence-electron chi connectivity index (χ2n) is 7.72. The molecule has 0 unspecified atom stereocenters. The van der Waals surface area contributed by atoms with Gasteiger partial charge < -0.3 is 9.47 Å². The highest BCUT2D eigenvalue weighted by atomic mass is 16.5. The van der Waals surface area contributed by atoms with Crippen molar-refractivity contribution in [2.75, 3.05) is 11.5 Å². The van der Waals surface area contributed by atoms with Crippen molar-refractivity contribution in [2.24, 2.45) is 0 Å². The quantitative estimate of drug-likeness (QED) is 0.381. The second kappa shape index (κ2) is 9.70. The van der Waals surface area contributed by atoms with Gasteiger partial charge in [-0.1, -0.05) is 31.2 Å². The van der Waals surface area contributed by atoms with Gasteiger partial charge in [0.25, 0.3) is 11.8 Å². The second-order valence-corrected chi connectivity index (χ2v) is 7.72. The van der Waals surface area contributed by atoms with Crippen LogP contribution in [0.1, 0.15) is 66.4 Å². The summed E-state index contributed by atoms with van der Waals surface area (Å²) in [6.45, 7) is 4.03. The van der Waals surface area contributed by atoms with E-state index in [9.17, 15) is 19.2 Å². The number of benzene rings is 3. The molecule has 2 amide bonds. The molecule has 0 saturated heterocycles. The number of esters is 2. The highest BCUT2D eigenvalue weighted by Gasteiger charge is 2.37. The SMILES string of the molecule is CCOC(=O)c1ccc(COC(=O)c2ccc3c(c2)C(=O)N(c2ccc(CC)cc2)C3=O)cc1. The highest BCUT2D eigenvalue weighted by molar-refractivity contribution is 6.34. The lowest BCUT2D eigenvalue weighted by Gasteiger charge is -2.14. The number of fused-ring (bicyclic) bond motifs is 1. The van der Waals surface area contributed by atoms with Gasteiger partial charge in [-0.2, -0.15) is 0 Å². The molecule has 0 bridgehead atoms. The van der Waals surface area contributed by atoms with Crippen molar-refractivity contribution in [2.45, 2.75) is 26.9 Å². The maximum absolute atomic E-state index is 13.0. The Labute approximate surface area is 196 Å². The molecule has 1 heterocycles. The van der Waals surface area contributed by atoms with Crippen LogP contribution in [0.2, 0.25) is 0 Å². The van der Waals surface area contributed by atoms with Gasteiger partial charge in [0.05, 0.1) is 34.5 Å². The summed E-state index contributed by atoms with van der Waals surface area (Å²) in [7, 11) is 0. The van der Waals surface area contributed by atoms with Crippen LogP contribution in [0.3, 0.4) is 0 Å². The number of ether oxygens (including phenoxy) is 2. The standard InChI is InChI=1S/C27H23NO6/c1-3-17-7-12-21(13-8-17)28-24(29)22-14-11-20(15-23(22)25(28)30)27(32)34-16-18-5-9-19(10-6-18)26(31)33-4-2/h5-15H,3-4,16H2,1-2H3. The molecule has 0 radical (unpaired) electrons. The molecule has 0 aromatic heterocycles. The Balaban J connectivity index is 1.45. The van der Waals surface area contributed by atoms with Gasteiger partial charge >= 0.3 is 11.9 Å². The number of nitrogens with zero attached hydrogens (tertiary/aromatic N) is 1. The molecule has 4 rings (SSSR count). The molecule has 0 N–H and O–H groups in total. The van der Waals surface area contributed by atoms with E-state index in [1.807, 2.05) is 19.1 Å². The van der Waals surface area contributed by atoms with Crippen LogP contribution >= 0.6 is 0 Å². The topological polar surface area (TPSA) is 90.0 Å². The third kappa shape index (κ3) is 4.45. The summed E-state index contributed by atoms with van der Waals surface area (Å²) in [6.07, 6.45) is 0.851. The first-order chi connectivity index (χ1) is 16.4. The fourth-order valence-electron chi connectivity index (χ4n) is 3.67. The summed E-state index contributed by atoms with van der Waals surface area (Å²) in [6, 6.07) is 18.1. The molecule has 1 aliphatic rings. The van der Waals surface area contributed by atoms with Gasteiger partial charge in [-0.3, -0.25) is 9.59 Å². The van der Waals surface area contributed by atoms with E-state index in [1.165, 1.54) is 18.2 Å². The average Bonchev–Trinajstić information content (AvgIpc) is 3.12. The molecule has 7 nitrogen and oxygen atoms in total. The van der Waals surface area contributed by atoms with Gasteiger partial charge in [-0.25, -0.2) is 14.5 Å². The van der Waals surface area contributed by atoms with Crippen LogP contribution in [0.4, 0.5) is 5.69 Å². The van der Waals surface area contributed by atoms with Gasteiger partial charge in [0.1, 0.15) is 6.61 Å². The summed E-state index contributed by atoms with van der Waals surface area (Å²) in [4.78, 5) is 51.2. The van der Waals surface area contributed by atoms with Gasteiger partial charge in [-0.15, -0.1) is 0 Å². The molecule has 0 atom stereocenters. The lowest BCUT2D eigenvalue weighted by atomic mass is 10.1. The molecule has 3 aromatic rings. The Kier molecular flexibility index (Phi) is 6.54. The molecular formula is C27H23NO6. The molecule has 34 heavy (non-hydrogen) atoms. The van der Waals surface area contributed by atoms with Crippen LogP contribution in [0, 0.1) is 0 Å². The number of hydrogen-bond donors (Lipinski definition) is 0. The summed E-state index contributed by atoms with van der Waals surface area (Å²) in [5, 5.41) is 0. The number of amides is 2. The van der Waals surface area contributed by atoms with Gasteiger partial charge in [-0.05, 0) is 66.9 Å². The lowest BCUT2D eigenvalue weighted by Crippen LogP contribution is -2.29. The minimum Gasteiger partial charge on any atom is -0.462 e. The third-order valence-electron chi connectivity index (χ3n) is 5.56. The zero-order valence-electron chi connectivity index (χ0n) is 18.9. The average molecular weight is 457 g/mol. The molecule has 3 aromatic carbocycles. The predicted octanol–water partition coefficient (Wildman–Crippen LogP) is 4.58. The van der Waals surface area contributed by atoms with Crippen LogP contribution in [-0.2, 0) is 22.5 Å². The van der Waals surface area contributed by atoms with E-state index in [-0.39, 0.29) is 29.9 Å². The monoisotopic (exact) mass is 457 g/mol. The molecule has 0 saturated carbocycles. The zero-order chi connectivity index (χ0) is 24.2.